The van der Waals surface area contributed by atoms with Crippen LogP contribution in [0.3, 0.4) is 0 Å². The van der Waals surface area contributed by atoms with E-state index < -0.39 is 0 Å². The maximum Gasteiger partial charge on any atom is 0.266 e. The summed E-state index contributed by atoms with van der Waals surface area (Å²) < 4.78 is 6.25. The van der Waals surface area contributed by atoms with Crippen molar-refractivity contribution in [1.82, 2.24) is 23.7 Å². The molecule has 0 atom stereocenters. The first-order valence-corrected chi connectivity index (χ1v) is 19.1. The SMILES string of the molecule is O=c1c2cnc(-n3c4ccc(-c5ccc6c(c5)c5ccccc5n6-c5ccccc5)cc4c4c5ccccc5ccc43)nc2c2ccccc2n1-c1ccccc1. The summed E-state index contributed by atoms with van der Waals surface area (Å²) in [5.74, 6) is 0.516. The van der Waals surface area contributed by atoms with Gasteiger partial charge in [-0.25, -0.2) is 9.97 Å². The fourth-order valence-electron chi connectivity index (χ4n) is 8.97. The van der Waals surface area contributed by atoms with E-state index >= 15 is 0 Å². The van der Waals surface area contributed by atoms with Gasteiger partial charge in [0.05, 0.1) is 38.5 Å². The second-order valence-corrected chi connectivity index (χ2v) is 14.6. The molecule has 0 unspecified atom stereocenters. The van der Waals surface area contributed by atoms with Crippen molar-refractivity contribution in [3.63, 3.8) is 0 Å². The topological polar surface area (TPSA) is 57.6 Å². The third kappa shape index (κ3) is 4.61. The first-order valence-electron chi connectivity index (χ1n) is 19.1. The van der Waals surface area contributed by atoms with Crippen LogP contribution in [0.25, 0.3) is 105 Å². The number of aromatic nitrogens is 5. The number of hydrogen-bond donors (Lipinski definition) is 0. The monoisotopic (exact) mass is 729 g/mol. The highest BCUT2D eigenvalue weighted by Crippen LogP contribution is 2.40. The van der Waals surface area contributed by atoms with Crippen molar-refractivity contribution in [2.45, 2.75) is 0 Å². The summed E-state index contributed by atoms with van der Waals surface area (Å²) in [6.45, 7) is 0. The average molecular weight is 730 g/mol. The average Bonchev–Trinajstić information content (AvgIpc) is 3.79. The van der Waals surface area contributed by atoms with Gasteiger partial charge < -0.3 is 4.57 Å². The van der Waals surface area contributed by atoms with Crippen LogP contribution in [0.1, 0.15) is 0 Å². The molecule has 12 aromatic rings. The molecule has 0 spiro atoms. The van der Waals surface area contributed by atoms with Crippen LogP contribution in [0, 0.1) is 0 Å². The standard InChI is InChI=1S/C51H31N5O/c57-50-42-31-52-51(53-49(42)39-20-10-12-22-44(39)55(50)36-16-5-2-6-17-36)56-46-27-25-34(30-41(46)48-37-18-8-7-13-32(37)23-28-47(48)56)33-24-26-45-40(29-33)38-19-9-11-21-43(38)54(45)35-14-3-1-4-15-35/h1-31H. The molecule has 0 bridgehead atoms. The number of pyridine rings is 1. The molecule has 0 N–H and O–H groups in total. The van der Waals surface area contributed by atoms with Crippen molar-refractivity contribution in [2.75, 3.05) is 0 Å². The first-order chi connectivity index (χ1) is 28.2. The Morgan fingerprint density at radius 3 is 1.67 bits per heavy atom. The minimum atomic E-state index is -0.150. The summed E-state index contributed by atoms with van der Waals surface area (Å²) >= 11 is 0. The summed E-state index contributed by atoms with van der Waals surface area (Å²) in [5.41, 5.74) is 9.84. The molecule has 0 radical (unpaired) electrons. The first kappa shape index (κ1) is 31.5. The molecule has 0 aliphatic rings. The molecule has 0 saturated carbocycles. The lowest BCUT2D eigenvalue weighted by Gasteiger charge is -2.14. The molecule has 0 aliphatic carbocycles. The maximum absolute atomic E-state index is 14.2. The lowest BCUT2D eigenvalue weighted by Crippen LogP contribution is -2.20. The molecule has 0 aliphatic heterocycles. The van der Waals surface area contributed by atoms with E-state index in [0.717, 1.165) is 66.0 Å². The summed E-state index contributed by atoms with van der Waals surface area (Å²) in [5, 5.41) is 8.36. The predicted molar refractivity (Wildman–Crippen MR) is 234 cm³/mol. The lowest BCUT2D eigenvalue weighted by molar-refractivity contribution is 1.00. The molecular formula is C51H31N5O. The minimum Gasteiger partial charge on any atom is -0.309 e. The maximum atomic E-state index is 14.2. The van der Waals surface area contributed by atoms with Gasteiger partial charge in [-0.05, 0) is 88.6 Å². The van der Waals surface area contributed by atoms with E-state index in [4.69, 9.17) is 9.97 Å². The Morgan fingerprint density at radius 1 is 0.386 bits per heavy atom. The van der Waals surface area contributed by atoms with Crippen LogP contribution in [0.4, 0.5) is 0 Å². The fourth-order valence-corrected chi connectivity index (χ4v) is 8.97. The number of hydrogen-bond acceptors (Lipinski definition) is 3. The number of benzene rings is 8. The van der Waals surface area contributed by atoms with Gasteiger partial charge in [-0.2, -0.15) is 0 Å². The van der Waals surface area contributed by atoms with Gasteiger partial charge in [0.2, 0.25) is 5.95 Å². The van der Waals surface area contributed by atoms with E-state index in [1.807, 2.05) is 54.6 Å². The molecule has 266 valence electrons. The van der Waals surface area contributed by atoms with Crippen molar-refractivity contribution in [1.29, 1.82) is 0 Å². The summed E-state index contributed by atoms with van der Waals surface area (Å²) in [4.78, 5) is 24.4. The smallest absolute Gasteiger partial charge is 0.266 e. The summed E-state index contributed by atoms with van der Waals surface area (Å²) in [7, 11) is 0. The third-order valence-corrected chi connectivity index (χ3v) is 11.5. The summed E-state index contributed by atoms with van der Waals surface area (Å²) in [6.07, 6.45) is 1.69. The number of fused-ring (bicyclic) bond motifs is 11. The number of rotatable bonds is 4. The van der Waals surface area contributed by atoms with Crippen LogP contribution >= 0.6 is 0 Å². The Balaban J connectivity index is 1.10. The number of nitrogens with zero attached hydrogens (tertiary/aromatic N) is 5. The zero-order chi connectivity index (χ0) is 37.6. The van der Waals surface area contributed by atoms with Gasteiger partial charge in [0.25, 0.3) is 5.56 Å². The second-order valence-electron chi connectivity index (χ2n) is 14.6. The van der Waals surface area contributed by atoms with Gasteiger partial charge in [-0.1, -0.05) is 115 Å². The molecule has 6 heteroatoms. The summed E-state index contributed by atoms with van der Waals surface area (Å²) in [6, 6.07) is 63.3. The van der Waals surface area contributed by atoms with Crippen LogP contribution in [0.5, 0.6) is 0 Å². The van der Waals surface area contributed by atoms with E-state index in [0.29, 0.717) is 16.9 Å². The second kappa shape index (κ2) is 12.1. The Morgan fingerprint density at radius 2 is 0.930 bits per heavy atom. The molecule has 0 fully saturated rings. The van der Waals surface area contributed by atoms with Crippen molar-refractivity contribution in [3.8, 4) is 28.5 Å². The molecule has 12 rings (SSSR count). The largest absolute Gasteiger partial charge is 0.309 e. The Kier molecular flexibility index (Phi) is 6.68. The molecule has 0 amide bonds. The normalized spacial score (nSPS) is 11.9. The molecule has 0 saturated heterocycles. The van der Waals surface area contributed by atoms with Crippen molar-refractivity contribution >= 4 is 76.2 Å². The predicted octanol–water partition coefficient (Wildman–Crippen LogP) is 11.9. The van der Waals surface area contributed by atoms with E-state index in [2.05, 4.69) is 137 Å². The Hall–Kier alpha value is -7.83. The highest BCUT2D eigenvalue weighted by molar-refractivity contribution is 6.22. The zero-order valence-corrected chi connectivity index (χ0v) is 30.5. The fraction of sp³-hybridized carbons (Fsp3) is 0. The zero-order valence-electron chi connectivity index (χ0n) is 30.5. The van der Waals surface area contributed by atoms with Crippen LogP contribution < -0.4 is 5.56 Å². The quantitative estimate of drug-likeness (QED) is 0.170. The minimum absolute atomic E-state index is 0.150. The number of para-hydroxylation sites is 4. The lowest BCUT2D eigenvalue weighted by atomic mass is 9.99. The molecule has 8 aromatic carbocycles. The van der Waals surface area contributed by atoms with E-state index in [-0.39, 0.29) is 5.56 Å². The molecule has 4 heterocycles. The van der Waals surface area contributed by atoms with Gasteiger partial charge in [-0.15, -0.1) is 0 Å². The van der Waals surface area contributed by atoms with Crippen LogP contribution in [-0.2, 0) is 0 Å². The van der Waals surface area contributed by atoms with Crippen molar-refractivity contribution < 1.29 is 0 Å². The van der Waals surface area contributed by atoms with Crippen LogP contribution in [-0.4, -0.2) is 23.7 Å². The molecular weight excluding hydrogens is 699 g/mol. The van der Waals surface area contributed by atoms with E-state index in [9.17, 15) is 4.79 Å². The van der Waals surface area contributed by atoms with E-state index in [1.165, 1.54) is 21.8 Å². The van der Waals surface area contributed by atoms with Crippen molar-refractivity contribution in [3.05, 3.63) is 199 Å². The van der Waals surface area contributed by atoms with Gasteiger partial charge in [0, 0.05) is 44.5 Å². The van der Waals surface area contributed by atoms with Gasteiger partial charge in [0.15, 0.2) is 0 Å². The third-order valence-electron chi connectivity index (χ3n) is 11.5. The van der Waals surface area contributed by atoms with Gasteiger partial charge in [0.1, 0.15) is 0 Å². The Bertz CT molecular complexity index is 3660. The Labute approximate surface area is 325 Å². The van der Waals surface area contributed by atoms with Gasteiger partial charge >= 0.3 is 0 Å². The van der Waals surface area contributed by atoms with Crippen LogP contribution in [0.15, 0.2) is 193 Å². The highest BCUT2D eigenvalue weighted by atomic mass is 16.1. The highest BCUT2D eigenvalue weighted by Gasteiger charge is 2.21. The van der Waals surface area contributed by atoms with Gasteiger partial charge in [-0.3, -0.25) is 13.9 Å². The molecule has 6 nitrogen and oxygen atoms in total. The molecule has 4 aromatic heterocycles. The van der Waals surface area contributed by atoms with Crippen LogP contribution in [0.2, 0.25) is 0 Å². The van der Waals surface area contributed by atoms with E-state index in [1.54, 1.807) is 10.8 Å². The van der Waals surface area contributed by atoms with Crippen molar-refractivity contribution in [2.24, 2.45) is 0 Å². The molecule has 57 heavy (non-hydrogen) atoms.